The lowest BCUT2D eigenvalue weighted by Gasteiger charge is -1.96. The van der Waals surface area contributed by atoms with E-state index in [0.29, 0.717) is 0 Å². The molecule has 0 radical (unpaired) electrons. The van der Waals surface area contributed by atoms with Crippen molar-refractivity contribution in [3.8, 4) is 0 Å². The van der Waals surface area contributed by atoms with E-state index >= 15 is 0 Å². The van der Waals surface area contributed by atoms with Crippen molar-refractivity contribution in [2.45, 2.75) is 6.54 Å². The van der Waals surface area contributed by atoms with Crippen molar-refractivity contribution in [2.75, 3.05) is 0 Å². The molecule has 0 bridgehead atoms. The second kappa shape index (κ2) is 8.00. The number of nitrogens with one attached hydrogen (secondary N) is 1. The van der Waals surface area contributed by atoms with Gasteiger partial charge in [-0.15, -0.1) is 0 Å². The Morgan fingerprint density at radius 1 is 1.11 bits per heavy atom. The van der Waals surface area contributed by atoms with E-state index < -0.39 is 0 Å². The summed E-state index contributed by atoms with van der Waals surface area (Å²) in [5.74, 6) is -0.154. The van der Waals surface area contributed by atoms with Crippen LogP contribution in [0.1, 0.15) is 5.56 Å². The number of carbonyl (C=O) groups excluding carboxylic acids is 1. The molecule has 0 aliphatic rings. The number of amides is 1. The number of rotatable bonds is 4. The molecule has 1 amide bonds. The molecule has 0 aliphatic carbocycles. The molecule has 0 unspecified atom stereocenters. The SMILES string of the molecule is O=C(C[n+]1ccccc1)N/N=C\c1ccccc1.[Cl-]. The highest BCUT2D eigenvalue weighted by atomic mass is 35.5. The van der Waals surface area contributed by atoms with Crippen LogP contribution < -0.4 is 22.4 Å². The molecule has 1 N–H and O–H groups in total. The van der Waals surface area contributed by atoms with Crippen molar-refractivity contribution in [2.24, 2.45) is 5.10 Å². The maximum Gasteiger partial charge on any atom is 0.305 e. The van der Waals surface area contributed by atoms with Crippen molar-refractivity contribution in [1.29, 1.82) is 0 Å². The Morgan fingerprint density at radius 3 is 2.42 bits per heavy atom. The van der Waals surface area contributed by atoms with Crippen LogP contribution in [0.4, 0.5) is 0 Å². The molecule has 98 valence electrons. The third-order valence-corrected chi connectivity index (χ3v) is 2.31. The van der Waals surface area contributed by atoms with E-state index in [-0.39, 0.29) is 24.9 Å². The van der Waals surface area contributed by atoms with E-state index in [1.54, 1.807) is 10.8 Å². The number of hydrogen-bond acceptors (Lipinski definition) is 2. The quantitative estimate of drug-likeness (QED) is 0.397. The number of hydrazone groups is 1. The average Bonchev–Trinajstić information content (AvgIpc) is 2.41. The van der Waals surface area contributed by atoms with Gasteiger partial charge in [-0.25, -0.2) is 5.43 Å². The minimum Gasteiger partial charge on any atom is -1.00 e. The molecule has 2 rings (SSSR count). The second-order valence-electron chi connectivity index (χ2n) is 3.75. The van der Waals surface area contributed by atoms with Crippen molar-refractivity contribution in [3.05, 3.63) is 66.5 Å². The van der Waals surface area contributed by atoms with Gasteiger partial charge in [-0.2, -0.15) is 9.67 Å². The molecule has 0 saturated carbocycles. The summed E-state index contributed by atoms with van der Waals surface area (Å²) in [6.07, 6.45) is 5.29. The fourth-order valence-corrected chi connectivity index (χ4v) is 1.46. The van der Waals surface area contributed by atoms with Gasteiger partial charge in [0.05, 0.1) is 6.21 Å². The predicted molar refractivity (Wildman–Crippen MR) is 68.8 cm³/mol. The third kappa shape index (κ3) is 5.31. The number of nitrogens with zero attached hydrogens (tertiary/aromatic N) is 2. The third-order valence-electron chi connectivity index (χ3n) is 2.31. The molecule has 0 spiro atoms. The molecule has 2 aromatic rings. The lowest BCUT2D eigenvalue weighted by atomic mass is 10.2. The molecule has 0 saturated heterocycles. The summed E-state index contributed by atoms with van der Waals surface area (Å²) in [4.78, 5) is 11.6. The van der Waals surface area contributed by atoms with E-state index in [0.717, 1.165) is 5.56 Å². The minimum atomic E-state index is -0.154. The molecule has 19 heavy (non-hydrogen) atoms. The molecule has 0 atom stereocenters. The minimum absolute atomic E-state index is 0. The van der Waals surface area contributed by atoms with Crippen LogP contribution >= 0.6 is 0 Å². The Labute approximate surface area is 118 Å². The second-order valence-corrected chi connectivity index (χ2v) is 3.75. The van der Waals surface area contributed by atoms with Gasteiger partial charge >= 0.3 is 5.91 Å². The topological polar surface area (TPSA) is 45.3 Å². The van der Waals surface area contributed by atoms with Gasteiger partial charge in [-0.05, 0) is 5.56 Å². The lowest BCUT2D eigenvalue weighted by molar-refractivity contribution is -0.684. The van der Waals surface area contributed by atoms with Gasteiger partial charge in [0.1, 0.15) is 0 Å². The molecular weight excluding hydrogens is 262 g/mol. The molecule has 1 heterocycles. The first-order valence-corrected chi connectivity index (χ1v) is 5.65. The first-order valence-electron chi connectivity index (χ1n) is 5.65. The highest BCUT2D eigenvalue weighted by Crippen LogP contribution is 1.92. The Morgan fingerprint density at radius 2 is 1.74 bits per heavy atom. The first-order chi connectivity index (χ1) is 8.84. The summed E-state index contributed by atoms with van der Waals surface area (Å²) in [6, 6.07) is 15.3. The van der Waals surface area contributed by atoms with Gasteiger partial charge in [0.2, 0.25) is 6.54 Å². The van der Waals surface area contributed by atoms with Gasteiger partial charge in [0.15, 0.2) is 12.4 Å². The smallest absolute Gasteiger partial charge is 0.305 e. The Bertz CT molecular complexity index is 529. The average molecular weight is 276 g/mol. The van der Waals surface area contributed by atoms with Crippen molar-refractivity contribution in [3.63, 3.8) is 0 Å². The Hall–Kier alpha value is -2.20. The van der Waals surface area contributed by atoms with E-state index in [1.807, 2.05) is 60.9 Å². The number of carbonyl (C=O) groups is 1. The summed E-state index contributed by atoms with van der Waals surface area (Å²) in [5, 5.41) is 3.90. The van der Waals surface area contributed by atoms with Crippen LogP contribution in [0, 0.1) is 0 Å². The highest BCUT2D eigenvalue weighted by molar-refractivity contribution is 5.81. The summed E-state index contributed by atoms with van der Waals surface area (Å²) in [6.45, 7) is 0.257. The van der Waals surface area contributed by atoms with Crippen molar-refractivity contribution >= 4 is 12.1 Å². The number of halogens is 1. The van der Waals surface area contributed by atoms with Crippen LogP contribution in [0.2, 0.25) is 0 Å². The standard InChI is InChI=1S/C14H13N3O.ClH/c18-14(12-17-9-5-2-6-10-17)16-15-11-13-7-3-1-4-8-13;/h1-11H,12H2;1H/b15-11-;. The fourth-order valence-electron chi connectivity index (χ4n) is 1.46. The molecule has 5 heteroatoms. The van der Waals surface area contributed by atoms with Crippen LogP contribution in [0.5, 0.6) is 0 Å². The maximum atomic E-state index is 11.6. The van der Waals surface area contributed by atoms with Crippen LogP contribution in [-0.4, -0.2) is 12.1 Å². The summed E-state index contributed by atoms with van der Waals surface area (Å²) >= 11 is 0. The van der Waals surface area contributed by atoms with E-state index in [9.17, 15) is 4.79 Å². The van der Waals surface area contributed by atoms with Gasteiger partial charge < -0.3 is 12.4 Å². The van der Waals surface area contributed by atoms with Gasteiger partial charge in [-0.3, -0.25) is 4.79 Å². The largest absolute Gasteiger partial charge is 1.00 e. The first kappa shape index (κ1) is 14.9. The number of benzene rings is 1. The molecule has 0 aliphatic heterocycles. The van der Waals surface area contributed by atoms with Crippen LogP contribution in [-0.2, 0) is 11.3 Å². The molecule has 0 fully saturated rings. The lowest BCUT2D eigenvalue weighted by Crippen LogP contribution is -3.00. The summed E-state index contributed by atoms with van der Waals surface area (Å²) in [5.41, 5.74) is 3.44. The zero-order valence-electron chi connectivity index (χ0n) is 10.2. The summed E-state index contributed by atoms with van der Waals surface area (Å²) in [7, 11) is 0. The monoisotopic (exact) mass is 275 g/mol. The van der Waals surface area contributed by atoms with Crippen LogP contribution in [0.15, 0.2) is 66.0 Å². The zero-order chi connectivity index (χ0) is 12.6. The maximum absolute atomic E-state index is 11.6. The summed E-state index contributed by atoms with van der Waals surface area (Å²) < 4.78 is 1.79. The van der Waals surface area contributed by atoms with Gasteiger partial charge in [0, 0.05) is 12.1 Å². The number of pyridine rings is 1. The molecule has 1 aromatic carbocycles. The van der Waals surface area contributed by atoms with Crippen molar-refractivity contribution in [1.82, 2.24) is 5.43 Å². The van der Waals surface area contributed by atoms with E-state index in [1.165, 1.54) is 0 Å². The van der Waals surface area contributed by atoms with E-state index in [4.69, 9.17) is 0 Å². The normalized spacial score (nSPS) is 9.89. The number of hydrogen-bond donors (Lipinski definition) is 1. The van der Waals surface area contributed by atoms with Gasteiger partial charge in [-0.1, -0.05) is 36.4 Å². The van der Waals surface area contributed by atoms with E-state index in [2.05, 4.69) is 10.5 Å². The molecule has 4 nitrogen and oxygen atoms in total. The molecule has 1 aromatic heterocycles. The van der Waals surface area contributed by atoms with Gasteiger partial charge in [0.25, 0.3) is 0 Å². The molecular formula is C14H14ClN3O. The van der Waals surface area contributed by atoms with Crippen molar-refractivity contribution < 1.29 is 21.8 Å². The Balaban J connectivity index is 0.00000180. The van der Waals surface area contributed by atoms with Crippen LogP contribution in [0.3, 0.4) is 0 Å². The highest BCUT2D eigenvalue weighted by Gasteiger charge is 2.06. The Kier molecular flexibility index (Phi) is 6.26. The predicted octanol–water partition coefficient (Wildman–Crippen LogP) is -1.87. The fraction of sp³-hybridized carbons (Fsp3) is 0.0714. The zero-order valence-corrected chi connectivity index (χ0v) is 11.0. The number of aromatic nitrogens is 1. The van der Waals surface area contributed by atoms with Crippen LogP contribution in [0.25, 0.3) is 0 Å².